The lowest BCUT2D eigenvalue weighted by atomic mass is 9.72. The van der Waals surface area contributed by atoms with Crippen molar-refractivity contribution >= 4 is 0 Å². The molecule has 0 spiro atoms. The van der Waals surface area contributed by atoms with E-state index in [9.17, 15) is 0 Å². The molecule has 0 amide bonds. The van der Waals surface area contributed by atoms with E-state index in [2.05, 4.69) is 4.90 Å². The Bertz CT molecular complexity index is 276. The summed E-state index contributed by atoms with van der Waals surface area (Å²) in [6.07, 6.45) is 8.15. The van der Waals surface area contributed by atoms with Gasteiger partial charge in [0.05, 0.1) is 13.2 Å². The molecule has 0 saturated heterocycles. The molecule has 118 valence electrons. The molecule has 4 nitrogen and oxygen atoms in total. The van der Waals surface area contributed by atoms with E-state index in [1.807, 2.05) is 0 Å². The number of hydrogen-bond donors (Lipinski definition) is 1. The molecule has 2 aliphatic carbocycles. The molecule has 2 atom stereocenters. The monoisotopic (exact) mass is 284 g/mol. The highest BCUT2D eigenvalue weighted by atomic mass is 16.5. The van der Waals surface area contributed by atoms with Crippen molar-refractivity contribution in [2.45, 2.75) is 44.1 Å². The predicted molar refractivity (Wildman–Crippen MR) is 81.8 cm³/mol. The fraction of sp³-hybridized carbons (Fsp3) is 1.00. The van der Waals surface area contributed by atoms with Crippen LogP contribution in [-0.2, 0) is 9.47 Å². The lowest BCUT2D eigenvalue weighted by Gasteiger charge is -2.48. The van der Waals surface area contributed by atoms with Crippen molar-refractivity contribution in [1.29, 1.82) is 0 Å². The molecule has 0 aromatic heterocycles. The summed E-state index contributed by atoms with van der Waals surface area (Å²) in [7, 11) is 3.55. The number of rotatable bonds is 9. The summed E-state index contributed by atoms with van der Waals surface area (Å²) >= 11 is 0. The van der Waals surface area contributed by atoms with Crippen LogP contribution in [0.3, 0.4) is 0 Å². The van der Waals surface area contributed by atoms with Gasteiger partial charge in [0.15, 0.2) is 0 Å². The van der Waals surface area contributed by atoms with Gasteiger partial charge < -0.3 is 15.2 Å². The lowest BCUT2D eigenvalue weighted by Crippen LogP contribution is -2.58. The van der Waals surface area contributed by atoms with Crippen molar-refractivity contribution in [1.82, 2.24) is 4.90 Å². The van der Waals surface area contributed by atoms with Crippen molar-refractivity contribution < 1.29 is 9.47 Å². The number of ether oxygens (including phenoxy) is 2. The Morgan fingerprint density at radius 2 is 1.70 bits per heavy atom. The molecule has 0 radical (unpaired) electrons. The summed E-state index contributed by atoms with van der Waals surface area (Å²) in [6, 6.07) is 0. The third-order valence-corrected chi connectivity index (χ3v) is 5.33. The number of hydrogen-bond acceptors (Lipinski definition) is 4. The second-order valence-corrected chi connectivity index (χ2v) is 6.59. The summed E-state index contributed by atoms with van der Waals surface area (Å²) in [5.74, 6) is 1.90. The second-order valence-electron chi connectivity index (χ2n) is 6.59. The van der Waals surface area contributed by atoms with Crippen LogP contribution in [0.15, 0.2) is 0 Å². The van der Waals surface area contributed by atoms with Crippen molar-refractivity contribution in [2.75, 3.05) is 47.1 Å². The van der Waals surface area contributed by atoms with Crippen molar-refractivity contribution in [2.24, 2.45) is 17.6 Å². The largest absolute Gasteiger partial charge is 0.383 e. The molecule has 0 heterocycles. The van der Waals surface area contributed by atoms with Gasteiger partial charge in [0, 0.05) is 39.4 Å². The summed E-state index contributed by atoms with van der Waals surface area (Å²) in [5.41, 5.74) is 6.43. The highest BCUT2D eigenvalue weighted by Gasteiger charge is 2.44. The summed E-state index contributed by atoms with van der Waals surface area (Å²) in [6.45, 7) is 4.26. The second kappa shape index (κ2) is 7.74. The van der Waals surface area contributed by atoms with Gasteiger partial charge in [-0.25, -0.2) is 0 Å². The zero-order chi connectivity index (χ0) is 14.4. The van der Waals surface area contributed by atoms with Gasteiger partial charge in [-0.1, -0.05) is 12.8 Å². The van der Waals surface area contributed by atoms with Crippen LogP contribution in [0, 0.1) is 11.8 Å². The van der Waals surface area contributed by atoms with Crippen LogP contribution in [-0.4, -0.2) is 57.5 Å². The van der Waals surface area contributed by atoms with E-state index in [1.54, 1.807) is 14.2 Å². The first kappa shape index (κ1) is 16.2. The van der Waals surface area contributed by atoms with Gasteiger partial charge in [-0.2, -0.15) is 0 Å². The van der Waals surface area contributed by atoms with Gasteiger partial charge in [-0.05, 0) is 37.5 Å². The molecule has 0 aromatic carbocycles. The quantitative estimate of drug-likeness (QED) is 0.702. The SMILES string of the molecule is COCCN(CCOC)C1(CN)CCCC(C2CC2)C1. The zero-order valence-electron chi connectivity index (χ0n) is 13.3. The Morgan fingerprint density at radius 3 is 2.20 bits per heavy atom. The first-order chi connectivity index (χ1) is 9.75. The molecular formula is C16H32N2O2. The minimum atomic E-state index is 0.183. The molecule has 0 aliphatic heterocycles. The molecule has 2 aliphatic rings. The summed E-state index contributed by atoms with van der Waals surface area (Å²) in [5, 5.41) is 0. The number of nitrogens with two attached hydrogens (primary N) is 1. The third-order valence-electron chi connectivity index (χ3n) is 5.33. The normalized spacial score (nSPS) is 30.9. The molecule has 2 saturated carbocycles. The summed E-state index contributed by atoms with van der Waals surface area (Å²) in [4.78, 5) is 2.55. The number of nitrogens with zero attached hydrogens (tertiary/aromatic N) is 1. The van der Waals surface area contributed by atoms with Gasteiger partial charge in [-0.15, -0.1) is 0 Å². The summed E-state index contributed by atoms with van der Waals surface area (Å²) < 4.78 is 10.6. The molecule has 2 fully saturated rings. The maximum absolute atomic E-state index is 6.24. The van der Waals surface area contributed by atoms with E-state index in [4.69, 9.17) is 15.2 Å². The molecule has 0 aromatic rings. The molecule has 20 heavy (non-hydrogen) atoms. The fourth-order valence-corrected chi connectivity index (χ4v) is 3.95. The third kappa shape index (κ3) is 3.94. The van der Waals surface area contributed by atoms with Crippen LogP contribution in [0.25, 0.3) is 0 Å². The van der Waals surface area contributed by atoms with Gasteiger partial charge >= 0.3 is 0 Å². The van der Waals surface area contributed by atoms with E-state index in [-0.39, 0.29) is 5.54 Å². The van der Waals surface area contributed by atoms with E-state index in [0.717, 1.165) is 44.7 Å². The predicted octanol–water partition coefficient (Wildman–Crippen LogP) is 1.88. The van der Waals surface area contributed by atoms with Gasteiger partial charge in [0.2, 0.25) is 0 Å². The Labute approximate surface area is 124 Å². The van der Waals surface area contributed by atoms with Crippen LogP contribution >= 0.6 is 0 Å². The van der Waals surface area contributed by atoms with Gasteiger partial charge in [-0.3, -0.25) is 4.90 Å². The molecule has 2 rings (SSSR count). The topological polar surface area (TPSA) is 47.7 Å². The molecule has 0 bridgehead atoms. The van der Waals surface area contributed by atoms with Crippen LogP contribution in [0.5, 0.6) is 0 Å². The Balaban J connectivity index is 2.02. The van der Waals surface area contributed by atoms with E-state index < -0.39 is 0 Å². The average Bonchev–Trinajstić information content (AvgIpc) is 3.32. The van der Waals surface area contributed by atoms with Crippen molar-refractivity contribution in [3.05, 3.63) is 0 Å². The fourth-order valence-electron chi connectivity index (χ4n) is 3.95. The molecule has 2 N–H and O–H groups in total. The zero-order valence-corrected chi connectivity index (χ0v) is 13.3. The minimum absolute atomic E-state index is 0.183. The highest BCUT2D eigenvalue weighted by molar-refractivity contribution is 4.99. The minimum Gasteiger partial charge on any atom is -0.383 e. The molecule has 2 unspecified atom stereocenters. The highest BCUT2D eigenvalue weighted by Crippen LogP contribution is 2.47. The Morgan fingerprint density at radius 1 is 1.05 bits per heavy atom. The van der Waals surface area contributed by atoms with E-state index >= 15 is 0 Å². The van der Waals surface area contributed by atoms with Gasteiger partial charge in [0.25, 0.3) is 0 Å². The first-order valence-electron chi connectivity index (χ1n) is 8.19. The lowest BCUT2D eigenvalue weighted by molar-refractivity contribution is -0.00118. The molecule has 4 heteroatoms. The smallest absolute Gasteiger partial charge is 0.0589 e. The Kier molecular flexibility index (Phi) is 6.27. The van der Waals surface area contributed by atoms with E-state index in [0.29, 0.717) is 0 Å². The average molecular weight is 284 g/mol. The van der Waals surface area contributed by atoms with Crippen LogP contribution in [0.1, 0.15) is 38.5 Å². The van der Waals surface area contributed by atoms with E-state index in [1.165, 1.54) is 38.5 Å². The molecular weight excluding hydrogens is 252 g/mol. The maximum atomic E-state index is 6.24. The number of methoxy groups -OCH3 is 2. The van der Waals surface area contributed by atoms with Crippen LogP contribution in [0.2, 0.25) is 0 Å². The van der Waals surface area contributed by atoms with Crippen molar-refractivity contribution in [3.63, 3.8) is 0 Å². The van der Waals surface area contributed by atoms with Crippen LogP contribution in [0.4, 0.5) is 0 Å². The first-order valence-corrected chi connectivity index (χ1v) is 8.19. The maximum Gasteiger partial charge on any atom is 0.0589 e. The van der Waals surface area contributed by atoms with Crippen LogP contribution < -0.4 is 5.73 Å². The Hall–Kier alpha value is -0.160. The van der Waals surface area contributed by atoms with Gasteiger partial charge in [0.1, 0.15) is 0 Å². The standard InChI is InChI=1S/C16H32N2O2/c1-19-10-8-18(9-11-20-2)16(13-17)7-3-4-15(12-16)14-5-6-14/h14-15H,3-13,17H2,1-2H3. The van der Waals surface area contributed by atoms with Crippen molar-refractivity contribution in [3.8, 4) is 0 Å².